The molecule has 0 aliphatic carbocycles. The van der Waals surface area contributed by atoms with Crippen molar-refractivity contribution in [3.63, 3.8) is 0 Å². The van der Waals surface area contributed by atoms with Gasteiger partial charge in [0, 0.05) is 0 Å². The number of benzene rings is 1. The quantitative estimate of drug-likeness (QED) is 0.586. The van der Waals surface area contributed by atoms with Crippen molar-refractivity contribution in [2.24, 2.45) is 5.14 Å². The van der Waals surface area contributed by atoms with Gasteiger partial charge in [-0.2, -0.15) is 0 Å². The summed E-state index contributed by atoms with van der Waals surface area (Å²) in [4.78, 5) is 0. The Kier molecular flexibility index (Phi) is 6.41. The zero-order valence-electron chi connectivity index (χ0n) is 7.77. The highest BCUT2D eigenvalue weighted by Crippen LogP contribution is 1.92. The van der Waals surface area contributed by atoms with Gasteiger partial charge in [-0.1, -0.05) is 42.6 Å². The molecule has 0 radical (unpaired) electrons. The van der Waals surface area contributed by atoms with Crippen molar-refractivity contribution >= 4 is 21.3 Å². The lowest BCUT2D eigenvalue weighted by Crippen LogP contribution is -2.40. The molecule has 0 aliphatic heterocycles. The van der Waals surface area contributed by atoms with Crippen LogP contribution in [0.4, 0.5) is 0 Å². The van der Waals surface area contributed by atoms with E-state index in [0.717, 1.165) is 5.46 Å². The summed E-state index contributed by atoms with van der Waals surface area (Å²) in [6, 6.07) is 8.90. The SMILES string of the molecule is CB(c1ccccc1)S(N)(=O)=O.O.O. The second-order valence-electron chi connectivity index (χ2n) is 2.64. The number of rotatable bonds is 2. The van der Waals surface area contributed by atoms with E-state index in [1.807, 2.05) is 6.07 Å². The average Bonchev–Trinajstić information content (AvgIpc) is 2.03. The van der Waals surface area contributed by atoms with Crippen molar-refractivity contribution < 1.29 is 19.4 Å². The fraction of sp³-hybridized carbons (Fsp3) is 0.143. The molecule has 0 heterocycles. The maximum absolute atomic E-state index is 10.9. The van der Waals surface area contributed by atoms with Gasteiger partial charge in [-0.05, 0) is 0 Å². The van der Waals surface area contributed by atoms with Crippen molar-refractivity contribution in [3.05, 3.63) is 30.3 Å². The van der Waals surface area contributed by atoms with Crippen molar-refractivity contribution in [3.8, 4) is 0 Å². The minimum absolute atomic E-state index is 0. The Morgan fingerprint density at radius 2 is 1.57 bits per heavy atom. The second-order valence-corrected chi connectivity index (χ2v) is 4.53. The molecule has 0 bridgehead atoms. The van der Waals surface area contributed by atoms with Gasteiger partial charge in [-0.15, -0.1) is 0 Å². The van der Waals surface area contributed by atoms with Crippen molar-refractivity contribution in [1.82, 2.24) is 0 Å². The highest BCUT2D eigenvalue weighted by atomic mass is 32.2. The van der Waals surface area contributed by atoms with Crippen molar-refractivity contribution in [1.29, 1.82) is 0 Å². The summed E-state index contributed by atoms with van der Waals surface area (Å²) >= 11 is 0. The summed E-state index contributed by atoms with van der Waals surface area (Å²) in [5.74, 6) is -0.626. The molecule has 0 aliphatic rings. The minimum atomic E-state index is -3.46. The molecule has 0 saturated carbocycles. The first-order valence-electron chi connectivity index (χ1n) is 3.58. The van der Waals surface area contributed by atoms with Crippen LogP contribution in [-0.4, -0.2) is 25.4 Å². The Morgan fingerprint density at radius 1 is 1.14 bits per heavy atom. The van der Waals surface area contributed by atoms with Gasteiger partial charge in [-0.25, -0.2) is 13.6 Å². The van der Waals surface area contributed by atoms with Gasteiger partial charge in [0.1, 0.15) is 0 Å². The topological polar surface area (TPSA) is 123 Å². The number of hydrogen-bond acceptors (Lipinski definition) is 2. The molecule has 1 aromatic rings. The summed E-state index contributed by atoms with van der Waals surface area (Å²) < 4.78 is 21.8. The molecule has 14 heavy (non-hydrogen) atoms. The van der Waals surface area contributed by atoms with Crippen LogP contribution >= 0.6 is 0 Å². The Hall–Kier alpha value is -0.885. The van der Waals surface area contributed by atoms with E-state index in [0.29, 0.717) is 0 Å². The van der Waals surface area contributed by atoms with Gasteiger partial charge in [-0.3, -0.25) is 0 Å². The van der Waals surface area contributed by atoms with Gasteiger partial charge >= 0.3 is 5.99 Å². The lowest BCUT2D eigenvalue weighted by Gasteiger charge is -2.03. The first-order valence-corrected chi connectivity index (χ1v) is 5.19. The monoisotopic (exact) mass is 219 g/mol. The standard InChI is InChI=1S/C7H10BNO2S.2H2O/c1-8(12(9,10)11)7-5-3-2-4-6-7;;/h2-6H,1H3,(H2,9,10,11);2*1H2. The van der Waals surface area contributed by atoms with Gasteiger partial charge in [0.15, 0.2) is 9.87 Å². The minimum Gasteiger partial charge on any atom is -0.412 e. The van der Waals surface area contributed by atoms with E-state index < -0.39 is 15.9 Å². The molecule has 7 heteroatoms. The van der Waals surface area contributed by atoms with E-state index in [1.54, 1.807) is 31.1 Å². The largest absolute Gasteiger partial charge is 0.412 e. The van der Waals surface area contributed by atoms with Crippen LogP contribution in [0.5, 0.6) is 0 Å². The molecule has 6 N–H and O–H groups in total. The molecule has 1 rings (SSSR count). The predicted molar refractivity (Wildman–Crippen MR) is 58.0 cm³/mol. The fourth-order valence-electron chi connectivity index (χ4n) is 0.914. The summed E-state index contributed by atoms with van der Waals surface area (Å²) in [7, 11) is -3.46. The van der Waals surface area contributed by atoms with Gasteiger partial charge in [0.2, 0.25) is 0 Å². The lowest BCUT2D eigenvalue weighted by atomic mass is 9.71. The van der Waals surface area contributed by atoms with Gasteiger partial charge in [0.05, 0.1) is 0 Å². The second kappa shape index (κ2) is 5.76. The summed E-state index contributed by atoms with van der Waals surface area (Å²) in [6.07, 6.45) is 0. The Balaban J connectivity index is 0. The van der Waals surface area contributed by atoms with E-state index in [2.05, 4.69) is 0 Å². The molecular formula is C7H14BNO4S. The molecule has 1 aromatic carbocycles. The van der Waals surface area contributed by atoms with E-state index >= 15 is 0 Å². The molecule has 0 atom stereocenters. The zero-order valence-corrected chi connectivity index (χ0v) is 8.58. The average molecular weight is 219 g/mol. The third-order valence-electron chi connectivity index (χ3n) is 1.76. The Labute approximate surface area is 83.6 Å². The smallest absolute Gasteiger partial charge is 0.339 e. The molecule has 0 unspecified atom stereocenters. The van der Waals surface area contributed by atoms with Gasteiger partial charge < -0.3 is 11.0 Å². The fourth-order valence-corrected chi connectivity index (χ4v) is 1.45. The maximum Gasteiger partial charge on any atom is 0.339 e. The Morgan fingerprint density at radius 3 is 1.93 bits per heavy atom. The molecule has 0 fully saturated rings. The highest BCUT2D eigenvalue weighted by Gasteiger charge is 2.22. The van der Waals surface area contributed by atoms with Crippen LogP contribution in [-0.2, 0) is 9.87 Å². The van der Waals surface area contributed by atoms with Crippen LogP contribution in [0.15, 0.2) is 30.3 Å². The van der Waals surface area contributed by atoms with Crippen LogP contribution in [0.3, 0.4) is 0 Å². The predicted octanol–water partition coefficient (Wildman–Crippen LogP) is -1.85. The maximum atomic E-state index is 10.9. The third kappa shape index (κ3) is 3.88. The van der Waals surface area contributed by atoms with Crippen LogP contribution in [0.2, 0.25) is 6.82 Å². The first kappa shape index (κ1) is 15.6. The molecule has 0 spiro atoms. The number of nitrogens with two attached hydrogens (primary N) is 1. The third-order valence-corrected chi connectivity index (χ3v) is 3.02. The molecule has 0 saturated heterocycles. The summed E-state index contributed by atoms with van der Waals surface area (Å²) in [6.45, 7) is 1.57. The molecule has 0 amide bonds. The summed E-state index contributed by atoms with van der Waals surface area (Å²) in [5, 5.41) is 4.98. The van der Waals surface area contributed by atoms with Crippen LogP contribution < -0.4 is 10.6 Å². The van der Waals surface area contributed by atoms with E-state index in [9.17, 15) is 8.42 Å². The van der Waals surface area contributed by atoms with Gasteiger partial charge in [0.25, 0.3) is 0 Å². The van der Waals surface area contributed by atoms with E-state index in [1.165, 1.54) is 0 Å². The van der Waals surface area contributed by atoms with Crippen molar-refractivity contribution in [2.45, 2.75) is 6.82 Å². The number of hydrogen-bond donors (Lipinski definition) is 1. The summed E-state index contributed by atoms with van der Waals surface area (Å²) in [5.41, 5.74) is 0.722. The normalized spacial score (nSPS) is 9.57. The van der Waals surface area contributed by atoms with Crippen LogP contribution in [0, 0.1) is 0 Å². The molecule has 5 nitrogen and oxygen atoms in total. The lowest BCUT2D eigenvalue weighted by molar-refractivity contribution is 0.610. The molecule has 0 aromatic heterocycles. The Bertz CT molecular complexity index is 353. The van der Waals surface area contributed by atoms with Crippen LogP contribution in [0.1, 0.15) is 0 Å². The highest BCUT2D eigenvalue weighted by molar-refractivity contribution is 8.18. The van der Waals surface area contributed by atoms with E-state index in [-0.39, 0.29) is 11.0 Å². The zero-order chi connectivity index (χ0) is 9.19. The van der Waals surface area contributed by atoms with Crippen LogP contribution in [0.25, 0.3) is 0 Å². The first-order chi connectivity index (χ1) is 5.52. The van der Waals surface area contributed by atoms with E-state index in [4.69, 9.17) is 5.14 Å². The molecular weight excluding hydrogens is 205 g/mol. The molecule has 80 valence electrons. The van der Waals surface area contributed by atoms with Crippen molar-refractivity contribution in [2.75, 3.05) is 0 Å².